The third-order valence-corrected chi connectivity index (χ3v) is 4.90. The summed E-state index contributed by atoms with van der Waals surface area (Å²) >= 11 is 1.48. The van der Waals surface area contributed by atoms with Gasteiger partial charge in [-0.2, -0.15) is 18.2 Å². The van der Waals surface area contributed by atoms with Crippen molar-refractivity contribution < 1.29 is 18.0 Å². The van der Waals surface area contributed by atoms with E-state index in [1.165, 1.54) is 30.9 Å². The molecule has 3 aromatic rings. The van der Waals surface area contributed by atoms with Crippen LogP contribution in [0.1, 0.15) is 15.9 Å². The number of hydrogen-bond acceptors (Lipinski definition) is 6. The molecule has 0 bridgehead atoms. The van der Waals surface area contributed by atoms with Crippen LogP contribution in [0.2, 0.25) is 0 Å². The van der Waals surface area contributed by atoms with E-state index in [9.17, 15) is 18.0 Å². The minimum atomic E-state index is -4.68. The van der Waals surface area contributed by atoms with E-state index in [0.717, 1.165) is 4.90 Å². The van der Waals surface area contributed by atoms with Crippen LogP contribution in [0.15, 0.2) is 59.6 Å². The summed E-state index contributed by atoms with van der Waals surface area (Å²) in [6, 6.07) is 13.5. The van der Waals surface area contributed by atoms with Gasteiger partial charge in [-0.25, -0.2) is 4.98 Å². The molecule has 0 spiro atoms. The zero-order valence-corrected chi connectivity index (χ0v) is 16.9. The molecule has 0 saturated carbocycles. The predicted molar refractivity (Wildman–Crippen MR) is 112 cm³/mol. The van der Waals surface area contributed by atoms with Gasteiger partial charge in [-0.1, -0.05) is 24.3 Å². The standard InChI is InChI=1S/C20H18F3N5OS/c1-24-18(29)12-7-3-4-8-14(12)26-17-13(20(21,22)23)11-25-19(28-17)27-15-9-5-6-10-16(15)30-2/h3-11H,1-2H3,(H,24,29)(H2,25,26,27,28). The van der Waals surface area contributed by atoms with Crippen molar-refractivity contribution in [1.29, 1.82) is 0 Å². The number of nitrogens with zero attached hydrogens (tertiary/aromatic N) is 2. The van der Waals surface area contributed by atoms with E-state index in [4.69, 9.17) is 0 Å². The lowest BCUT2D eigenvalue weighted by molar-refractivity contribution is -0.137. The SMILES string of the molecule is CNC(=O)c1ccccc1Nc1nc(Nc2ccccc2SC)ncc1C(F)(F)F. The number of carbonyl (C=O) groups is 1. The van der Waals surface area contributed by atoms with E-state index in [1.54, 1.807) is 24.3 Å². The number of anilines is 4. The first-order valence-corrected chi connectivity index (χ1v) is 9.98. The lowest BCUT2D eigenvalue weighted by Crippen LogP contribution is -2.20. The normalized spacial score (nSPS) is 11.1. The van der Waals surface area contributed by atoms with Crippen LogP contribution >= 0.6 is 11.8 Å². The average Bonchev–Trinajstić information content (AvgIpc) is 2.73. The maximum atomic E-state index is 13.5. The van der Waals surface area contributed by atoms with Crippen LogP contribution in [-0.4, -0.2) is 29.2 Å². The molecule has 0 unspecified atom stereocenters. The average molecular weight is 433 g/mol. The van der Waals surface area contributed by atoms with Crippen molar-refractivity contribution in [2.45, 2.75) is 11.1 Å². The molecule has 0 radical (unpaired) electrons. The Morgan fingerprint density at radius 3 is 2.33 bits per heavy atom. The number of aromatic nitrogens is 2. The molecule has 2 aromatic carbocycles. The van der Waals surface area contributed by atoms with Crippen molar-refractivity contribution in [1.82, 2.24) is 15.3 Å². The fraction of sp³-hybridized carbons (Fsp3) is 0.150. The molecule has 0 atom stereocenters. The van der Waals surface area contributed by atoms with Gasteiger partial charge in [0.05, 0.1) is 16.9 Å². The highest BCUT2D eigenvalue weighted by Gasteiger charge is 2.35. The molecule has 10 heteroatoms. The molecule has 0 aliphatic rings. The quantitative estimate of drug-likeness (QED) is 0.472. The van der Waals surface area contributed by atoms with E-state index in [1.807, 2.05) is 18.4 Å². The van der Waals surface area contributed by atoms with Crippen LogP contribution in [0.25, 0.3) is 0 Å². The van der Waals surface area contributed by atoms with E-state index in [-0.39, 0.29) is 17.2 Å². The highest BCUT2D eigenvalue weighted by atomic mass is 32.2. The Kier molecular flexibility index (Phi) is 6.46. The maximum absolute atomic E-state index is 13.5. The van der Waals surface area contributed by atoms with Gasteiger partial charge in [0.2, 0.25) is 5.95 Å². The summed E-state index contributed by atoms with van der Waals surface area (Å²) in [5, 5.41) is 8.05. The van der Waals surface area contributed by atoms with Crippen molar-refractivity contribution in [3.8, 4) is 0 Å². The summed E-state index contributed by atoms with van der Waals surface area (Å²) in [5.74, 6) is -0.907. The molecule has 1 amide bonds. The predicted octanol–water partition coefficient (Wildman–Crippen LogP) is 5.06. The Labute approximate surface area is 175 Å². The Hall–Kier alpha value is -3.27. The van der Waals surface area contributed by atoms with Crippen LogP contribution in [0.4, 0.5) is 36.3 Å². The van der Waals surface area contributed by atoms with Gasteiger partial charge in [-0.15, -0.1) is 11.8 Å². The number of nitrogens with one attached hydrogen (secondary N) is 3. The van der Waals surface area contributed by atoms with Gasteiger partial charge in [0.15, 0.2) is 0 Å². The molecule has 30 heavy (non-hydrogen) atoms. The Bertz CT molecular complexity index is 1060. The molecule has 6 nitrogen and oxygen atoms in total. The molecular formula is C20H18F3N5OS. The highest BCUT2D eigenvalue weighted by Crippen LogP contribution is 2.36. The summed E-state index contributed by atoms with van der Waals surface area (Å²) in [4.78, 5) is 20.8. The number of carbonyl (C=O) groups excluding carboxylic acids is 1. The zero-order valence-electron chi connectivity index (χ0n) is 16.0. The summed E-state index contributed by atoms with van der Waals surface area (Å²) in [6.45, 7) is 0. The van der Waals surface area contributed by atoms with E-state index in [2.05, 4.69) is 25.9 Å². The van der Waals surface area contributed by atoms with E-state index < -0.39 is 23.5 Å². The molecule has 1 aromatic heterocycles. The number of para-hydroxylation sites is 2. The molecule has 1 heterocycles. The molecule has 3 N–H and O–H groups in total. The number of thioether (sulfide) groups is 1. The summed E-state index contributed by atoms with van der Waals surface area (Å²) in [7, 11) is 1.44. The molecule has 3 rings (SSSR count). The Morgan fingerprint density at radius 2 is 1.67 bits per heavy atom. The van der Waals surface area contributed by atoms with Crippen molar-refractivity contribution in [2.75, 3.05) is 23.9 Å². The molecule has 0 saturated heterocycles. The van der Waals surface area contributed by atoms with Gasteiger partial charge >= 0.3 is 6.18 Å². The van der Waals surface area contributed by atoms with E-state index in [0.29, 0.717) is 11.9 Å². The minimum absolute atomic E-state index is 0.00979. The Morgan fingerprint density at radius 1 is 1.00 bits per heavy atom. The van der Waals surface area contributed by atoms with Crippen LogP contribution in [0.5, 0.6) is 0 Å². The molecule has 0 aliphatic carbocycles. The topological polar surface area (TPSA) is 78.9 Å². The smallest absolute Gasteiger partial charge is 0.355 e. The summed E-state index contributed by atoms with van der Waals surface area (Å²) in [6.07, 6.45) is -2.08. The van der Waals surface area contributed by atoms with Crippen molar-refractivity contribution >= 4 is 40.8 Å². The number of amides is 1. The lowest BCUT2D eigenvalue weighted by Gasteiger charge is -2.17. The lowest BCUT2D eigenvalue weighted by atomic mass is 10.1. The zero-order chi connectivity index (χ0) is 21.7. The van der Waals surface area contributed by atoms with Crippen molar-refractivity contribution in [2.24, 2.45) is 0 Å². The van der Waals surface area contributed by atoms with E-state index >= 15 is 0 Å². The van der Waals surface area contributed by atoms with Gasteiger partial charge in [0.25, 0.3) is 5.91 Å². The third-order valence-electron chi connectivity index (χ3n) is 4.10. The molecule has 156 valence electrons. The van der Waals surface area contributed by atoms with Crippen LogP contribution < -0.4 is 16.0 Å². The van der Waals surface area contributed by atoms with Crippen LogP contribution in [-0.2, 0) is 6.18 Å². The first-order chi connectivity index (χ1) is 14.3. The second-order valence-corrected chi connectivity index (χ2v) is 6.88. The van der Waals surface area contributed by atoms with Gasteiger partial charge in [-0.3, -0.25) is 4.79 Å². The molecular weight excluding hydrogens is 415 g/mol. The number of hydrogen-bond donors (Lipinski definition) is 3. The highest BCUT2D eigenvalue weighted by molar-refractivity contribution is 7.98. The molecule has 0 aliphatic heterocycles. The van der Waals surface area contributed by atoms with Gasteiger partial charge < -0.3 is 16.0 Å². The maximum Gasteiger partial charge on any atom is 0.421 e. The fourth-order valence-electron chi connectivity index (χ4n) is 2.67. The fourth-order valence-corrected chi connectivity index (χ4v) is 3.22. The minimum Gasteiger partial charge on any atom is -0.355 e. The van der Waals surface area contributed by atoms with Gasteiger partial charge in [-0.05, 0) is 30.5 Å². The number of halogens is 3. The summed E-state index contributed by atoms with van der Waals surface area (Å²) in [5.41, 5.74) is 0.00451. The second-order valence-electron chi connectivity index (χ2n) is 6.03. The van der Waals surface area contributed by atoms with Crippen molar-refractivity contribution in [3.05, 3.63) is 65.9 Å². The number of rotatable bonds is 6. The number of benzene rings is 2. The summed E-state index contributed by atoms with van der Waals surface area (Å²) < 4.78 is 40.6. The van der Waals surface area contributed by atoms with Crippen LogP contribution in [0, 0.1) is 0 Å². The van der Waals surface area contributed by atoms with Crippen molar-refractivity contribution in [3.63, 3.8) is 0 Å². The first-order valence-electron chi connectivity index (χ1n) is 8.76. The second kappa shape index (κ2) is 9.04. The monoisotopic (exact) mass is 433 g/mol. The first kappa shape index (κ1) is 21.4. The third kappa shape index (κ3) is 4.82. The van der Waals surface area contributed by atoms with Gasteiger partial charge in [0, 0.05) is 18.1 Å². The van der Waals surface area contributed by atoms with Gasteiger partial charge in [0.1, 0.15) is 11.4 Å². The Balaban J connectivity index is 2.02. The molecule has 0 fully saturated rings. The van der Waals surface area contributed by atoms with Crippen LogP contribution in [0.3, 0.4) is 0 Å². The number of alkyl halides is 3. The largest absolute Gasteiger partial charge is 0.421 e.